The van der Waals surface area contributed by atoms with Crippen LogP contribution in [0.3, 0.4) is 0 Å². The van der Waals surface area contributed by atoms with Crippen molar-refractivity contribution in [1.29, 1.82) is 0 Å². The van der Waals surface area contributed by atoms with Crippen LogP contribution in [0, 0.1) is 24.4 Å². The van der Waals surface area contributed by atoms with Crippen molar-refractivity contribution in [1.82, 2.24) is 34.2 Å². The molecule has 6 heterocycles. The molecule has 4 aromatic heterocycles. The topological polar surface area (TPSA) is 115 Å². The van der Waals surface area contributed by atoms with Gasteiger partial charge in [-0.15, -0.1) is 0 Å². The third-order valence-corrected chi connectivity index (χ3v) is 9.90. The Labute approximate surface area is 296 Å². The third-order valence-electron chi connectivity index (χ3n) is 9.90. The van der Waals surface area contributed by atoms with E-state index in [-0.39, 0.29) is 30.8 Å². The van der Waals surface area contributed by atoms with Gasteiger partial charge in [0, 0.05) is 69.9 Å². The molecule has 0 saturated carbocycles. The maximum Gasteiger partial charge on any atom is 0.245 e. The van der Waals surface area contributed by atoms with Crippen molar-refractivity contribution in [3.63, 3.8) is 0 Å². The molecule has 1 fully saturated rings. The predicted molar refractivity (Wildman–Crippen MR) is 189 cm³/mol. The molecule has 0 unspecified atom stereocenters. The van der Waals surface area contributed by atoms with Gasteiger partial charge in [-0.1, -0.05) is 6.07 Å². The van der Waals surface area contributed by atoms with Crippen LogP contribution in [0.4, 0.5) is 24.8 Å². The summed E-state index contributed by atoms with van der Waals surface area (Å²) in [5.74, 6) is -0.340. The standard InChI is InChI=1S/C37H36F3N9O3/c1-20-43-30-12-23(39)10-26-29-6-5-7-33(45-29)44-24-13-32(37(50)46(2)17-25(52-4)18-47(20)35(26)30)48(16-24)36-27-15-42-49(31-9-8-22(38)11-28(31)40)34(27)21(14-41-36)19-51-3/h5-12,14-15,24-25,32H,13,16-19H2,1-4H3,(H,44,45)/t24-,25-,32-/m0/s1. The van der Waals surface area contributed by atoms with Crippen LogP contribution >= 0.6 is 0 Å². The van der Waals surface area contributed by atoms with E-state index in [2.05, 4.69) is 15.4 Å². The van der Waals surface area contributed by atoms with E-state index in [1.54, 1.807) is 38.6 Å². The van der Waals surface area contributed by atoms with Crippen LogP contribution in [0.25, 0.3) is 38.9 Å². The molecule has 0 radical (unpaired) electrons. The van der Waals surface area contributed by atoms with Gasteiger partial charge in [0.05, 0.1) is 53.1 Å². The maximum atomic E-state index is 15.1. The average Bonchev–Trinajstić information content (AvgIpc) is 3.83. The van der Waals surface area contributed by atoms with Crippen LogP contribution in [-0.4, -0.2) is 92.7 Å². The van der Waals surface area contributed by atoms with Crippen LogP contribution in [0.2, 0.25) is 0 Å². The Morgan fingerprint density at radius 2 is 1.81 bits per heavy atom. The number of halogens is 3. The Balaban J connectivity index is 1.25. The van der Waals surface area contributed by atoms with E-state index in [1.165, 1.54) is 28.9 Å². The Morgan fingerprint density at radius 1 is 0.962 bits per heavy atom. The molecule has 4 bridgehead atoms. The first kappa shape index (κ1) is 33.6. The molecule has 0 spiro atoms. The molecule has 3 atom stereocenters. The van der Waals surface area contributed by atoms with Gasteiger partial charge in [-0.25, -0.2) is 32.8 Å². The van der Waals surface area contributed by atoms with Gasteiger partial charge in [-0.2, -0.15) is 5.10 Å². The van der Waals surface area contributed by atoms with Crippen LogP contribution in [0.1, 0.15) is 17.8 Å². The number of benzene rings is 2. The molecule has 12 nitrogen and oxygen atoms in total. The largest absolute Gasteiger partial charge is 0.380 e. The highest BCUT2D eigenvalue weighted by Gasteiger charge is 2.41. The molecule has 268 valence electrons. The molecule has 1 amide bonds. The van der Waals surface area contributed by atoms with E-state index in [4.69, 9.17) is 19.4 Å². The zero-order valence-corrected chi connectivity index (χ0v) is 29.0. The van der Waals surface area contributed by atoms with Crippen molar-refractivity contribution in [2.45, 2.75) is 44.7 Å². The van der Waals surface area contributed by atoms with Gasteiger partial charge in [0.15, 0.2) is 5.82 Å². The Kier molecular flexibility index (Phi) is 8.54. The molecule has 0 aliphatic carbocycles. The molecule has 8 rings (SSSR count). The van der Waals surface area contributed by atoms with Gasteiger partial charge in [0.1, 0.15) is 40.8 Å². The van der Waals surface area contributed by atoms with Crippen molar-refractivity contribution >= 4 is 39.5 Å². The number of carbonyl (C=O) groups is 1. The number of imidazole rings is 1. The molecular weight excluding hydrogens is 675 g/mol. The number of ether oxygens (including phenoxy) is 2. The Hall–Kier alpha value is -5.54. The van der Waals surface area contributed by atoms with E-state index >= 15 is 4.39 Å². The molecule has 6 aromatic rings. The summed E-state index contributed by atoms with van der Waals surface area (Å²) in [4.78, 5) is 32.5. The van der Waals surface area contributed by atoms with Crippen LogP contribution in [0.5, 0.6) is 0 Å². The number of carbonyl (C=O) groups excluding carboxylic acids is 1. The summed E-state index contributed by atoms with van der Waals surface area (Å²) in [5, 5.41) is 8.60. The van der Waals surface area contributed by atoms with Crippen molar-refractivity contribution in [2.24, 2.45) is 0 Å². The monoisotopic (exact) mass is 711 g/mol. The molecular formula is C37H36F3N9O3. The number of amides is 1. The number of fused-ring (bicyclic) bond motifs is 6. The number of nitrogens with zero attached hydrogens (tertiary/aromatic N) is 8. The number of methoxy groups -OCH3 is 2. The SMILES string of the molecule is COCc1cnc(N2C[C@@H]3C[C@H]2C(=O)N(C)C[C@H](OC)Cn2c(C)nc4cc(F)cc(c42)-c2cccc(n2)N3)c2cnn(-c3ccc(F)cc3F)c12. The fourth-order valence-electron chi connectivity index (χ4n) is 7.53. The number of nitrogens with one attached hydrogen (secondary N) is 1. The highest BCUT2D eigenvalue weighted by molar-refractivity contribution is 5.96. The van der Waals surface area contributed by atoms with Crippen molar-refractivity contribution in [2.75, 3.05) is 44.6 Å². The van der Waals surface area contributed by atoms with Gasteiger partial charge < -0.3 is 29.2 Å². The van der Waals surface area contributed by atoms with Gasteiger partial charge in [0.25, 0.3) is 0 Å². The lowest BCUT2D eigenvalue weighted by Crippen LogP contribution is -2.47. The summed E-state index contributed by atoms with van der Waals surface area (Å²) in [7, 11) is 4.89. The van der Waals surface area contributed by atoms with Crippen LogP contribution in [0.15, 0.2) is 60.9 Å². The third kappa shape index (κ3) is 5.79. The summed E-state index contributed by atoms with van der Waals surface area (Å²) in [6, 6.07) is 10.8. The van der Waals surface area contributed by atoms with Crippen LogP contribution in [-0.2, 0) is 27.4 Å². The number of hydrogen-bond donors (Lipinski definition) is 1. The molecule has 2 aliphatic heterocycles. The van der Waals surface area contributed by atoms with Gasteiger partial charge >= 0.3 is 0 Å². The smallest absolute Gasteiger partial charge is 0.245 e. The number of anilines is 2. The van der Waals surface area contributed by atoms with Gasteiger partial charge in [-0.05, 0) is 43.7 Å². The second-order valence-electron chi connectivity index (χ2n) is 13.3. The maximum absolute atomic E-state index is 15.1. The minimum Gasteiger partial charge on any atom is -0.380 e. The van der Waals surface area contributed by atoms with Crippen LogP contribution < -0.4 is 10.2 Å². The highest BCUT2D eigenvalue weighted by atomic mass is 19.1. The fourth-order valence-corrected chi connectivity index (χ4v) is 7.53. The predicted octanol–water partition coefficient (Wildman–Crippen LogP) is 5.25. The molecule has 2 aromatic carbocycles. The number of hydrogen-bond acceptors (Lipinski definition) is 9. The van der Waals surface area contributed by atoms with E-state index in [9.17, 15) is 13.6 Å². The molecule has 2 aliphatic rings. The van der Waals surface area contributed by atoms with Crippen molar-refractivity contribution in [3.8, 4) is 16.9 Å². The average molecular weight is 712 g/mol. The lowest BCUT2D eigenvalue weighted by molar-refractivity contribution is -0.132. The zero-order valence-electron chi connectivity index (χ0n) is 29.0. The second-order valence-corrected chi connectivity index (χ2v) is 13.3. The highest BCUT2D eigenvalue weighted by Crippen LogP contribution is 2.36. The fraction of sp³-hybridized carbons (Fsp3) is 0.324. The Morgan fingerprint density at radius 3 is 2.60 bits per heavy atom. The lowest BCUT2D eigenvalue weighted by Gasteiger charge is -2.31. The van der Waals surface area contributed by atoms with E-state index in [0.717, 1.165) is 11.6 Å². The molecule has 1 N–H and O–H groups in total. The van der Waals surface area contributed by atoms with Crippen molar-refractivity contribution < 1.29 is 27.4 Å². The van der Waals surface area contributed by atoms with Gasteiger partial charge in [-0.3, -0.25) is 4.79 Å². The lowest BCUT2D eigenvalue weighted by atomic mass is 10.1. The first-order chi connectivity index (χ1) is 25.1. The Bertz CT molecular complexity index is 2340. The number of pyridine rings is 2. The zero-order chi connectivity index (χ0) is 36.3. The minimum absolute atomic E-state index is 0.0593. The second kappa shape index (κ2) is 13.2. The van der Waals surface area contributed by atoms with E-state index in [1.807, 2.05) is 34.6 Å². The summed E-state index contributed by atoms with van der Waals surface area (Å²) in [6.07, 6.45) is 3.19. The quantitative estimate of drug-likeness (QED) is 0.256. The molecule has 15 heteroatoms. The summed E-state index contributed by atoms with van der Waals surface area (Å²) in [6.45, 7) is 2.99. The number of likely N-dealkylation sites (N-methyl/N-ethyl adjacent to an activating group) is 1. The first-order valence-electron chi connectivity index (χ1n) is 16.9. The summed E-state index contributed by atoms with van der Waals surface area (Å²) < 4.78 is 58.8. The number of aryl methyl sites for hydroxylation is 1. The molecule has 1 saturated heterocycles. The van der Waals surface area contributed by atoms with E-state index < -0.39 is 29.6 Å². The minimum atomic E-state index is -0.778. The number of aromatic nitrogens is 6. The number of rotatable bonds is 5. The normalized spacial score (nSPS) is 19.3. The summed E-state index contributed by atoms with van der Waals surface area (Å²) >= 11 is 0. The molecule has 52 heavy (non-hydrogen) atoms. The van der Waals surface area contributed by atoms with Gasteiger partial charge in [0.2, 0.25) is 5.91 Å². The van der Waals surface area contributed by atoms with Crippen molar-refractivity contribution in [3.05, 3.63) is 89.8 Å². The van der Waals surface area contributed by atoms with E-state index in [0.29, 0.717) is 70.2 Å². The summed E-state index contributed by atoms with van der Waals surface area (Å²) in [5.41, 5.74) is 3.62. The first-order valence-corrected chi connectivity index (χ1v) is 16.9.